The van der Waals surface area contributed by atoms with Crippen molar-refractivity contribution in [1.82, 2.24) is 4.98 Å². The van der Waals surface area contributed by atoms with Crippen LogP contribution >= 0.6 is 11.3 Å². The number of nitrogens with one attached hydrogen (secondary N) is 1. The van der Waals surface area contributed by atoms with E-state index in [-0.39, 0.29) is 12.0 Å². The van der Waals surface area contributed by atoms with Gasteiger partial charge in [-0.2, -0.15) is 0 Å². The third-order valence-electron chi connectivity index (χ3n) is 3.80. The van der Waals surface area contributed by atoms with E-state index in [1.807, 2.05) is 67.8 Å². The Hall–Kier alpha value is -2.86. The van der Waals surface area contributed by atoms with Gasteiger partial charge in [0.2, 0.25) is 5.91 Å². The maximum absolute atomic E-state index is 12.3. The van der Waals surface area contributed by atoms with E-state index < -0.39 is 0 Å². The van der Waals surface area contributed by atoms with Crippen LogP contribution in [0.15, 0.2) is 53.9 Å². The number of hydrogen-bond donors (Lipinski definition) is 1. The number of carbonyl (C=O) groups excluding carboxylic acids is 1. The second kappa shape index (κ2) is 8.68. The molecule has 2 aromatic carbocycles. The first-order chi connectivity index (χ1) is 13.0. The van der Waals surface area contributed by atoms with E-state index in [4.69, 9.17) is 9.47 Å². The largest absolute Gasteiger partial charge is 0.497 e. The Morgan fingerprint density at radius 1 is 1.07 bits per heavy atom. The molecule has 5 nitrogen and oxygen atoms in total. The second-order valence-corrected chi connectivity index (χ2v) is 7.16. The van der Waals surface area contributed by atoms with Gasteiger partial charge in [0.1, 0.15) is 11.5 Å². The number of thiazole rings is 1. The summed E-state index contributed by atoms with van der Waals surface area (Å²) in [5.74, 6) is 1.51. The number of nitrogens with zero attached hydrogens (tertiary/aromatic N) is 1. The van der Waals surface area contributed by atoms with Gasteiger partial charge in [-0.1, -0.05) is 12.1 Å². The second-order valence-electron chi connectivity index (χ2n) is 6.30. The standard InChI is InChI=1S/C21H22N2O3S/c1-14(2)26-18-8-4-15(5-9-18)12-20(24)23-21-22-19(13-27-21)16-6-10-17(25-3)11-7-16/h4-11,13-14H,12H2,1-3H3,(H,22,23,24). The van der Waals surface area contributed by atoms with Gasteiger partial charge in [-0.05, 0) is 55.8 Å². The van der Waals surface area contributed by atoms with Crippen LogP contribution < -0.4 is 14.8 Å². The molecule has 0 aliphatic rings. The molecule has 0 bridgehead atoms. The van der Waals surface area contributed by atoms with E-state index in [2.05, 4.69) is 10.3 Å². The molecule has 6 heteroatoms. The minimum Gasteiger partial charge on any atom is -0.497 e. The van der Waals surface area contributed by atoms with Crippen LogP contribution in [0.2, 0.25) is 0 Å². The van der Waals surface area contributed by atoms with Crippen LogP contribution in [0, 0.1) is 0 Å². The van der Waals surface area contributed by atoms with Gasteiger partial charge in [0, 0.05) is 10.9 Å². The molecular formula is C21H22N2O3S. The lowest BCUT2D eigenvalue weighted by molar-refractivity contribution is -0.115. The fraction of sp³-hybridized carbons (Fsp3) is 0.238. The molecule has 0 radical (unpaired) electrons. The summed E-state index contributed by atoms with van der Waals surface area (Å²) < 4.78 is 10.8. The molecule has 0 unspecified atom stereocenters. The molecule has 0 spiro atoms. The average Bonchev–Trinajstić information content (AvgIpc) is 3.11. The molecule has 3 aromatic rings. The van der Waals surface area contributed by atoms with Crippen LogP contribution in [-0.2, 0) is 11.2 Å². The van der Waals surface area contributed by atoms with Crippen molar-refractivity contribution in [2.75, 3.05) is 12.4 Å². The Morgan fingerprint density at radius 3 is 2.37 bits per heavy atom. The Bertz CT molecular complexity index is 887. The molecule has 0 atom stereocenters. The number of anilines is 1. The molecule has 1 amide bonds. The Kier molecular flexibility index (Phi) is 6.08. The van der Waals surface area contributed by atoms with Crippen LogP contribution in [0.3, 0.4) is 0 Å². The first kappa shape index (κ1) is 18.9. The molecule has 0 aliphatic carbocycles. The number of methoxy groups -OCH3 is 1. The first-order valence-electron chi connectivity index (χ1n) is 8.69. The van der Waals surface area contributed by atoms with Gasteiger partial charge in [0.05, 0.1) is 25.3 Å². The Morgan fingerprint density at radius 2 is 1.74 bits per heavy atom. The van der Waals surface area contributed by atoms with Gasteiger partial charge in [0.25, 0.3) is 0 Å². The summed E-state index contributed by atoms with van der Waals surface area (Å²) in [6.07, 6.45) is 0.420. The summed E-state index contributed by atoms with van der Waals surface area (Å²) >= 11 is 1.41. The monoisotopic (exact) mass is 382 g/mol. The molecule has 140 valence electrons. The highest BCUT2D eigenvalue weighted by Gasteiger charge is 2.09. The summed E-state index contributed by atoms with van der Waals surface area (Å²) in [7, 11) is 1.64. The smallest absolute Gasteiger partial charge is 0.230 e. The number of carbonyl (C=O) groups is 1. The minimum absolute atomic E-state index is 0.0943. The zero-order valence-electron chi connectivity index (χ0n) is 15.6. The average molecular weight is 382 g/mol. The number of benzene rings is 2. The maximum Gasteiger partial charge on any atom is 0.230 e. The van der Waals surface area contributed by atoms with Crippen molar-refractivity contribution in [3.05, 3.63) is 59.5 Å². The summed E-state index contributed by atoms with van der Waals surface area (Å²) in [5.41, 5.74) is 2.73. The molecule has 1 aromatic heterocycles. The summed E-state index contributed by atoms with van der Waals surface area (Å²) in [6.45, 7) is 3.96. The molecular weight excluding hydrogens is 360 g/mol. The van der Waals surface area contributed by atoms with E-state index in [0.717, 1.165) is 28.3 Å². The van der Waals surface area contributed by atoms with E-state index in [1.54, 1.807) is 7.11 Å². The fourth-order valence-electron chi connectivity index (χ4n) is 2.53. The third kappa shape index (κ3) is 5.31. The van der Waals surface area contributed by atoms with Gasteiger partial charge in [-0.3, -0.25) is 4.79 Å². The highest BCUT2D eigenvalue weighted by molar-refractivity contribution is 7.14. The summed E-state index contributed by atoms with van der Waals surface area (Å²) in [6, 6.07) is 15.2. The van der Waals surface area contributed by atoms with Gasteiger partial charge >= 0.3 is 0 Å². The van der Waals surface area contributed by atoms with Crippen LogP contribution in [-0.4, -0.2) is 24.1 Å². The van der Waals surface area contributed by atoms with Gasteiger partial charge in [0.15, 0.2) is 5.13 Å². The molecule has 1 heterocycles. The highest BCUT2D eigenvalue weighted by atomic mass is 32.1. The van der Waals surface area contributed by atoms with Crippen LogP contribution in [0.1, 0.15) is 19.4 Å². The lowest BCUT2D eigenvalue weighted by Gasteiger charge is -2.10. The molecule has 0 saturated carbocycles. The van der Waals surface area contributed by atoms with Crippen LogP contribution in [0.25, 0.3) is 11.3 Å². The molecule has 0 aliphatic heterocycles. The molecule has 0 fully saturated rings. The zero-order chi connectivity index (χ0) is 19.2. The maximum atomic E-state index is 12.3. The molecule has 3 rings (SSSR count). The number of rotatable bonds is 7. The van der Waals surface area contributed by atoms with E-state index in [1.165, 1.54) is 11.3 Å². The predicted molar refractivity (Wildman–Crippen MR) is 109 cm³/mol. The lowest BCUT2D eigenvalue weighted by atomic mass is 10.1. The lowest BCUT2D eigenvalue weighted by Crippen LogP contribution is -2.14. The van der Waals surface area contributed by atoms with Crippen molar-refractivity contribution in [2.24, 2.45) is 0 Å². The third-order valence-corrected chi connectivity index (χ3v) is 4.55. The SMILES string of the molecule is COc1ccc(-c2csc(NC(=O)Cc3ccc(OC(C)C)cc3)n2)cc1. The van der Waals surface area contributed by atoms with Crippen LogP contribution in [0.4, 0.5) is 5.13 Å². The topological polar surface area (TPSA) is 60.5 Å². The highest BCUT2D eigenvalue weighted by Crippen LogP contribution is 2.26. The van der Waals surface area contributed by atoms with Gasteiger partial charge in [-0.15, -0.1) is 11.3 Å². The summed E-state index contributed by atoms with van der Waals surface area (Å²) in [4.78, 5) is 16.8. The van der Waals surface area contributed by atoms with Crippen LogP contribution in [0.5, 0.6) is 11.5 Å². The number of aromatic nitrogens is 1. The van der Waals surface area contributed by atoms with E-state index in [0.29, 0.717) is 11.6 Å². The quantitative estimate of drug-likeness (QED) is 0.638. The van der Waals surface area contributed by atoms with Crippen molar-refractivity contribution in [3.8, 4) is 22.8 Å². The molecule has 0 saturated heterocycles. The van der Waals surface area contributed by atoms with Gasteiger partial charge in [-0.25, -0.2) is 4.98 Å². The summed E-state index contributed by atoms with van der Waals surface area (Å²) in [5, 5.41) is 5.38. The normalized spacial score (nSPS) is 10.7. The number of ether oxygens (including phenoxy) is 2. The number of hydrogen-bond acceptors (Lipinski definition) is 5. The van der Waals surface area contributed by atoms with Crippen molar-refractivity contribution in [1.29, 1.82) is 0 Å². The van der Waals surface area contributed by atoms with E-state index >= 15 is 0 Å². The van der Waals surface area contributed by atoms with E-state index in [9.17, 15) is 4.79 Å². The Balaban J connectivity index is 1.58. The zero-order valence-corrected chi connectivity index (χ0v) is 16.4. The minimum atomic E-state index is -0.0943. The molecule has 1 N–H and O–H groups in total. The van der Waals surface area contributed by atoms with Crippen molar-refractivity contribution < 1.29 is 14.3 Å². The van der Waals surface area contributed by atoms with Crippen molar-refractivity contribution in [3.63, 3.8) is 0 Å². The van der Waals surface area contributed by atoms with Gasteiger partial charge < -0.3 is 14.8 Å². The molecule has 27 heavy (non-hydrogen) atoms. The Labute approximate surface area is 163 Å². The first-order valence-corrected chi connectivity index (χ1v) is 9.57. The number of amides is 1. The predicted octanol–water partition coefficient (Wildman–Crippen LogP) is 4.79. The van der Waals surface area contributed by atoms with Crippen molar-refractivity contribution >= 4 is 22.4 Å². The fourth-order valence-corrected chi connectivity index (χ4v) is 3.27. The van der Waals surface area contributed by atoms with Crippen molar-refractivity contribution in [2.45, 2.75) is 26.4 Å².